The predicted octanol–water partition coefficient (Wildman–Crippen LogP) is 4.44. The molecule has 0 unspecified atom stereocenters. The summed E-state index contributed by atoms with van der Waals surface area (Å²) in [5.41, 5.74) is 3.03. The molecule has 0 bridgehead atoms. The van der Waals surface area contributed by atoms with E-state index in [1.54, 1.807) is 0 Å². The largest absolute Gasteiger partial charge is 0.345 e. The van der Waals surface area contributed by atoms with Crippen LogP contribution in [0, 0.1) is 18.7 Å². The van der Waals surface area contributed by atoms with Crippen molar-refractivity contribution in [3.63, 3.8) is 0 Å². The van der Waals surface area contributed by atoms with Crippen molar-refractivity contribution in [1.29, 1.82) is 0 Å². The number of carbonyl (C=O) groups is 1. The van der Waals surface area contributed by atoms with Gasteiger partial charge in [-0.05, 0) is 55.2 Å². The number of nitrogens with one attached hydrogen (secondary N) is 1. The SMILES string of the molecule is Cc1cccc([C@@H](NC(=O)[C@H]2CCCN(S(=O)(=O)c3ccc(F)cc3)C2)c2ccccc2)c1. The number of hydrogen-bond donors (Lipinski definition) is 1. The molecule has 1 aliphatic heterocycles. The zero-order valence-corrected chi connectivity index (χ0v) is 19.3. The molecular weight excluding hydrogens is 439 g/mol. The lowest BCUT2D eigenvalue weighted by Gasteiger charge is -2.32. The van der Waals surface area contributed by atoms with Crippen LogP contribution in [-0.2, 0) is 14.8 Å². The van der Waals surface area contributed by atoms with Gasteiger partial charge in [-0.2, -0.15) is 4.31 Å². The van der Waals surface area contributed by atoms with Gasteiger partial charge in [-0.25, -0.2) is 12.8 Å². The molecule has 1 saturated heterocycles. The van der Waals surface area contributed by atoms with Gasteiger partial charge in [0.2, 0.25) is 15.9 Å². The molecule has 1 aliphatic rings. The minimum absolute atomic E-state index is 0.0341. The van der Waals surface area contributed by atoms with E-state index < -0.39 is 21.8 Å². The van der Waals surface area contributed by atoms with Gasteiger partial charge in [0.05, 0.1) is 16.9 Å². The lowest BCUT2D eigenvalue weighted by Crippen LogP contribution is -2.46. The van der Waals surface area contributed by atoms with Crippen LogP contribution in [0.4, 0.5) is 4.39 Å². The van der Waals surface area contributed by atoms with E-state index in [1.165, 1.54) is 16.4 Å². The molecule has 1 amide bonds. The average molecular weight is 467 g/mol. The number of hydrogen-bond acceptors (Lipinski definition) is 3. The monoisotopic (exact) mass is 466 g/mol. The van der Waals surface area contributed by atoms with Crippen LogP contribution < -0.4 is 5.32 Å². The predicted molar refractivity (Wildman–Crippen MR) is 125 cm³/mol. The summed E-state index contributed by atoms with van der Waals surface area (Å²) in [6, 6.07) is 22.2. The highest BCUT2D eigenvalue weighted by Crippen LogP contribution is 2.27. The van der Waals surface area contributed by atoms with Crippen molar-refractivity contribution in [3.8, 4) is 0 Å². The highest BCUT2D eigenvalue weighted by molar-refractivity contribution is 7.89. The maximum atomic E-state index is 13.3. The first-order chi connectivity index (χ1) is 15.8. The summed E-state index contributed by atoms with van der Waals surface area (Å²) in [4.78, 5) is 13.3. The topological polar surface area (TPSA) is 66.5 Å². The summed E-state index contributed by atoms with van der Waals surface area (Å²) in [6.07, 6.45) is 1.19. The van der Waals surface area contributed by atoms with Gasteiger partial charge in [-0.15, -0.1) is 0 Å². The standard InChI is InChI=1S/C26H27FN2O3S/c1-19-7-5-10-21(17-19)25(20-8-3-2-4-9-20)28-26(30)22-11-6-16-29(18-22)33(31,32)24-14-12-23(27)13-15-24/h2-5,7-10,12-15,17,22,25H,6,11,16,18H2,1H3,(H,28,30)/t22-,25-/m0/s1. The molecule has 4 rings (SSSR count). The van der Waals surface area contributed by atoms with Crippen LogP contribution >= 0.6 is 0 Å². The quantitative estimate of drug-likeness (QED) is 0.584. The third-order valence-corrected chi connectivity index (χ3v) is 7.88. The van der Waals surface area contributed by atoms with Gasteiger partial charge in [0.25, 0.3) is 0 Å². The van der Waals surface area contributed by atoms with Crippen LogP contribution in [0.3, 0.4) is 0 Å². The Balaban J connectivity index is 1.54. The molecule has 1 N–H and O–H groups in total. The number of rotatable bonds is 6. The van der Waals surface area contributed by atoms with Crippen molar-refractivity contribution in [3.05, 3.63) is 101 Å². The Morgan fingerprint density at radius 3 is 2.39 bits per heavy atom. The second-order valence-electron chi connectivity index (χ2n) is 8.42. The van der Waals surface area contributed by atoms with Crippen molar-refractivity contribution >= 4 is 15.9 Å². The zero-order chi connectivity index (χ0) is 23.4. The number of aryl methyl sites for hydroxylation is 1. The summed E-state index contributed by atoms with van der Waals surface area (Å²) in [5.74, 6) is -1.14. The Morgan fingerprint density at radius 1 is 1.00 bits per heavy atom. The van der Waals surface area contributed by atoms with E-state index in [-0.39, 0.29) is 23.4 Å². The molecular formula is C26H27FN2O3S. The molecule has 3 aromatic rings. The molecule has 172 valence electrons. The van der Waals surface area contributed by atoms with Crippen LogP contribution in [0.15, 0.2) is 83.8 Å². The van der Waals surface area contributed by atoms with Crippen LogP contribution in [0.5, 0.6) is 0 Å². The first-order valence-corrected chi connectivity index (χ1v) is 12.5. The van der Waals surface area contributed by atoms with E-state index in [4.69, 9.17) is 0 Å². The minimum Gasteiger partial charge on any atom is -0.345 e. The Morgan fingerprint density at radius 2 is 1.70 bits per heavy atom. The van der Waals surface area contributed by atoms with Crippen LogP contribution in [0.2, 0.25) is 0 Å². The van der Waals surface area contributed by atoms with Gasteiger partial charge in [-0.3, -0.25) is 4.79 Å². The molecule has 7 heteroatoms. The van der Waals surface area contributed by atoms with E-state index >= 15 is 0 Å². The number of amides is 1. The smallest absolute Gasteiger partial charge is 0.243 e. The number of halogens is 1. The van der Waals surface area contributed by atoms with E-state index in [0.717, 1.165) is 28.8 Å². The van der Waals surface area contributed by atoms with Gasteiger partial charge < -0.3 is 5.32 Å². The molecule has 0 spiro atoms. The van der Waals surface area contributed by atoms with Gasteiger partial charge in [0.1, 0.15) is 5.82 Å². The molecule has 0 radical (unpaired) electrons. The summed E-state index contributed by atoms with van der Waals surface area (Å²) in [5, 5.41) is 3.16. The summed E-state index contributed by atoms with van der Waals surface area (Å²) >= 11 is 0. The lowest BCUT2D eigenvalue weighted by molar-refractivity contribution is -0.126. The van der Waals surface area contributed by atoms with Gasteiger partial charge in [0, 0.05) is 13.1 Å². The Kier molecular flexibility index (Phi) is 6.91. The van der Waals surface area contributed by atoms with E-state index in [0.29, 0.717) is 19.4 Å². The highest BCUT2D eigenvalue weighted by Gasteiger charge is 2.34. The first kappa shape index (κ1) is 23.1. The summed E-state index contributed by atoms with van der Waals surface area (Å²) in [7, 11) is -3.80. The molecule has 0 aromatic heterocycles. The van der Waals surface area contributed by atoms with Crippen LogP contribution in [0.25, 0.3) is 0 Å². The minimum atomic E-state index is -3.80. The molecule has 5 nitrogen and oxygen atoms in total. The summed E-state index contributed by atoms with van der Waals surface area (Å²) in [6.45, 7) is 2.44. The Hall–Kier alpha value is -3.03. The van der Waals surface area contributed by atoms with Gasteiger partial charge in [0.15, 0.2) is 0 Å². The number of sulfonamides is 1. The fourth-order valence-electron chi connectivity index (χ4n) is 4.24. The number of nitrogens with zero attached hydrogens (tertiary/aromatic N) is 1. The van der Waals surface area contributed by atoms with E-state index in [1.807, 2.05) is 61.5 Å². The van der Waals surface area contributed by atoms with Gasteiger partial charge in [-0.1, -0.05) is 60.2 Å². The molecule has 1 fully saturated rings. The van der Waals surface area contributed by atoms with E-state index in [9.17, 15) is 17.6 Å². The molecule has 2 atom stereocenters. The molecule has 33 heavy (non-hydrogen) atoms. The van der Waals surface area contributed by atoms with E-state index in [2.05, 4.69) is 5.32 Å². The molecule has 3 aromatic carbocycles. The number of benzene rings is 3. The normalized spacial score (nSPS) is 17.9. The summed E-state index contributed by atoms with van der Waals surface area (Å²) < 4.78 is 40.7. The number of piperidine rings is 1. The van der Waals surface area contributed by atoms with Crippen LogP contribution in [0.1, 0.15) is 35.6 Å². The van der Waals surface area contributed by atoms with Gasteiger partial charge >= 0.3 is 0 Å². The third kappa shape index (κ3) is 5.31. The molecule has 0 saturated carbocycles. The third-order valence-electron chi connectivity index (χ3n) is 6.00. The molecule has 0 aliphatic carbocycles. The van der Waals surface area contributed by atoms with Crippen molar-refractivity contribution in [1.82, 2.24) is 9.62 Å². The van der Waals surface area contributed by atoms with Crippen molar-refractivity contribution in [2.75, 3.05) is 13.1 Å². The number of carbonyl (C=O) groups excluding carboxylic acids is 1. The van der Waals surface area contributed by atoms with Crippen molar-refractivity contribution in [2.24, 2.45) is 5.92 Å². The zero-order valence-electron chi connectivity index (χ0n) is 18.4. The van der Waals surface area contributed by atoms with Crippen LogP contribution in [-0.4, -0.2) is 31.7 Å². The molecule has 1 heterocycles. The van der Waals surface area contributed by atoms with Crippen molar-refractivity contribution in [2.45, 2.75) is 30.7 Å². The average Bonchev–Trinajstić information content (AvgIpc) is 2.83. The maximum absolute atomic E-state index is 13.3. The maximum Gasteiger partial charge on any atom is 0.243 e. The fraction of sp³-hybridized carbons (Fsp3) is 0.269. The highest BCUT2D eigenvalue weighted by atomic mass is 32.2. The first-order valence-electron chi connectivity index (χ1n) is 11.0. The fourth-order valence-corrected chi connectivity index (χ4v) is 5.77. The lowest BCUT2D eigenvalue weighted by atomic mass is 9.94. The second kappa shape index (κ2) is 9.85. The Labute approximate surface area is 194 Å². The van der Waals surface area contributed by atoms with Crippen molar-refractivity contribution < 1.29 is 17.6 Å². The second-order valence-corrected chi connectivity index (χ2v) is 10.4. The Bertz CT molecular complexity index is 1210.